The Bertz CT molecular complexity index is 1020. The van der Waals surface area contributed by atoms with Crippen LogP contribution in [0.3, 0.4) is 0 Å². The first kappa shape index (κ1) is 24.8. The number of carboxylic acids is 1. The fraction of sp³-hybridized carbons (Fsp3) is 0.464. The summed E-state index contributed by atoms with van der Waals surface area (Å²) < 4.78 is 5.54. The molecule has 35 heavy (non-hydrogen) atoms. The molecule has 7 nitrogen and oxygen atoms in total. The summed E-state index contributed by atoms with van der Waals surface area (Å²) in [7, 11) is 0. The average Bonchev–Trinajstić information content (AvgIpc) is 3.19. The van der Waals surface area contributed by atoms with Crippen molar-refractivity contribution in [2.24, 2.45) is 11.8 Å². The van der Waals surface area contributed by atoms with Crippen LogP contribution in [0.5, 0.6) is 0 Å². The number of amides is 2. The number of aliphatic carboxylic acids is 1. The van der Waals surface area contributed by atoms with Crippen molar-refractivity contribution >= 4 is 18.0 Å². The molecule has 4 rings (SSSR count). The molecule has 0 heterocycles. The maximum atomic E-state index is 12.7. The normalized spacial score (nSPS) is 17.1. The van der Waals surface area contributed by atoms with Crippen molar-refractivity contribution < 1.29 is 24.2 Å². The third kappa shape index (κ3) is 6.02. The quantitative estimate of drug-likeness (QED) is 0.485. The molecular formula is C28H34N2O5. The molecule has 2 aliphatic rings. The van der Waals surface area contributed by atoms with E-state index in [9.17, 15) is 19.5 Å². The summed E-state index contributed by atoms with van der Waals surface area (Å²) in [5, 5.41) is 14.9. The van der Waals surface area contributed by atoms with E-state index in [1.54, 1.807) is 6.92 Å². The molecule has 2 unspecified atom stereocenters. The van der Waals surface area contributed by atoms with Gasteiger partial charge in [0.05, 0.1) is 12.3 Å². The van der Waals surface area contributed by atoms with Crippen LogP contribution in [0, 0.1) is 11.8 Å². The van der Waals surface area contributed by atoms with E-state index in [-0.39, 0.29) is 43.4 Å². The molecule has 7 heteroatoms. The minimum atomic E-state index is -0.912. The predicted molar refractivity (Wildman–Crippen MR) is 133 cm³/mol. The van der Waals surface area contributed by atoms with Crippen molar-refractivity contribution in [2.75, 3.05) is 13.2 Å². The zero-order valence-electron chi connectivity index (χ0n) is 20.2. The van der Waals surface area contributed by atoms with E-state index in [0.29, 0.717) is 0 Å². The largest absolute Gasteiger partial charge is 0.481 e. The minimum absolute atomic E-state index is 0.0267. The Morgan fingerprint density at radius 1 is 0.971 bits per heavy atom. The molecule has 0 bridgehead atoms. The van der Waals surface area contributed by atoms with Crippen molar-refractivity contribution in [3.8, 4) is 11.1 Å². The lowest BCUT2D eigenvalue weighted by atomic mass is 9.82. The van der Waals surface area contributed by atoms with E-state index in [1.165, 1.54) is 0 Å². The number of benzene rings is 2. The Hall–Kier alpha value is -3.35. The molecule has 2 amide bonds. The summed E-state index contributed by atoms with van der Waals surface area (Å²) in [5.74, 6) is -1.51. The maximum absolute atomic E-state index is 12.7. The number of carbonyl (C=O) groups is 3. The Morgan fingerprint density at radius 2 is 1.57 bits per heavy atom. The van der Waals surface area contributed by atoms with Gasteiger partial charge in [-0.3, -0.25) is 9.59 Å². The van der Waals surface area contributed by atoms with Gasteiger partial charge in [0.15, 0.2) is 0 Å². The minimum Gasteiger partial charge on any atom is -0.481 e. The van der Waals surface area contributed by atoms with Crippen molar-refractivity contribution in [3.05, 3.63) is 59.7 Å². The van der Waals surface area contributed by atoms with Crippen molar-refractivity contribution in [2.45, 2.75) is 57.4 Å². The van der Waals surface area contributed by atoms with Gasteiger partial charge in [0, 0.05) is 18.5 Å². The number of hydrogen-bond acceptors (Lipinski definition) is 4. The molecule has 186 valence electrons. The molecule has 1 saturated carbocycles. The second kappa shape index (κ2) is 11.4. The smallest absolute Gasteiger partial charge is 0.407 e. The van der Waals surface area contributed by atoms with E-state index < -0.39 is 18.0 Å². The number of ether oxygens (including phenoxy) is 1. The van der Waals surface area contributed by atoms with E-state index in [1.807, 2.05) is 24.3 Å². The molecule has 3 N–H and O–H groups in total. The topological polar surface area (TPSA) is 105 Å². The van der Waals surface area contributed by atoms with Crippen LogP contribution in [0.2, 0.25) is 0 Å². The summed E-state index contributed by atoms with van der Waals surface area (Å²) in [6, 6.07) is 15.9. The van der Waals surface area contributed by atoms with Gasteiger partial charge in [-0.25, -0.2) is 4.79 Å². The third-order valence-corrected chi connectivity index (χ3v) is 7.28. The van der Waals surface area contributed by atoms with Crippen molar-refractivity contribution in [1.82, 2.24) is 10.6 Å². The highest BCUT2D eigenvalue weighted by atomic mass is 16.5. The van der Waals surface area contributed by atoms with Crippen LogP contribution < -0.4 is 10.6 Å². The molecule has 1 fully saturated rings. The number of hydrogen-bond donors (Lipinski definition) is 3. The van der Waals surface area contributed by atoms with Gasteiger partial charge in [-0.1, -0.05) is 74.7 Å². The Balaban J connectivity index is 1.27. The Morgan fingerprint density at radius 3 is 2.17 bits per heavy atom. The van der Waals surface area contributed by atoms with Crippen molar-refractivity contribution in [3.63, 3.8) is 0 Å². The fourth-order valence-corrected chi connectivity index (χ4v) is 5.36. The zero-order valence-corrected chi connectivity index (χ0v) is 20.2. The predicted octanol–water partition coefficient (Wildman–Crippen LogP) is 4.70. The molecule has 0 aromatic heterocycles. The second-order valence-corrected chi connectivity index (χ2v) is 9.72. The van der Waals surface area contributed by atoms with Gasteiger partial charge in [-0.05, 0) is 41.0 Å². The first-order valence-corrected chi connectivity index (χ1v) is 12.5. The van der Waals surface area contributed by atoms with Crippen LogP contribution in [0.4, 0.5) is 4.79 Å². The highest BCUT2D eigenvalue weighted by molar-refractivity contribution is 5.81. The molecule has 0 saturated heterocycles. The molecule has 2 aromatic rings. The van der Waals surface area contributed by atoms with Crippen molar-refractivity contribution in [1.29, 1.82) is 0 Å². The number of nitrogens with one attached hydrogen (secondary N) is 2. The van der Waals surface area contributed by atoms with Crippen LogP contribution in [0.1, 0.15) is 62.5 Å². The van der Waals surface area contributed by atoms with Crippen LogP contribution in [-0.2, 0) is 14.3 Å². The highest BCUT2D eigenvalue weighted by Gasteiger charge is 2.30. The summed E-state index contributed by atoms with van der Waals surface area (Å²) >= 11 is 0. The highest BCUT2D eigenvalue weighted by Crippen LogP contribution is 2.44. The van der Waals surface area contributed by atoms with Gasteiger partial charge in [0.2, 0.25) is 5.91 Å². The SMILES string of the molecule is CC(CNC(=O)OCC1c2ccccc2-c2ccccc21)C(=O)NC(CC(=O)O)C1CCCCC1. The molecule has 2 aromatic carbocycles. The van der Waals surface area contributed by atoms with Crippen LogP contribution in [-0.4, -0.2) is 42.3 Å². The molecular weight excluding hydrogens is 444 g/mol. The van der Waals surface area contributed by atoms with Gasteiger partial charge >= 0.3 is 12.1 Å². The number of carbonyl (C=O) groups excluding carboxylic acids is 2. The summed E-state index contributed by atoms with van der Waals surface area (Å²) in [6.45, 7) is 2.05. The van der Waals surface area contributed by atoms with Gasteiger partial charge in [-0.2, -0.15) is 0 Å². The molecule has 0 spiro atoms. The first-order valence-electron chi connectivity index (χ1n) is 12.5. The zero-order chi connectivity index (χ0) is 24.8. The van der Waals surface area contributed by atoms with Gasteiger partial charge in [-0.15, -0.1) is 0 Å². The van der Waals surface area contributed by atoms with Crippen LogP contribution in [0.25, 0.3) is 11.1 Å². The Kier molecular flexibility index (Phi) is 8.06. The molecule has 0 radical (unpaired) electrons. The summed E-state index contributed by atoms with van der Waals surface area (Å²) in [5.41, 5.74) is 4.61. The van der Waals surface area contributed by atoms with E-state index in [0.717, 1.165) is 54.4 Å². The Labute approximate surface area is 206 Å². The van der Waals surface area contributed by atoms with E-state index in [4.69, 9.17) is 4.74 Å². The number of fused-ring (bicyclic) bond motifs is 3. The molecule has 2 atom stereocenters. The maximum Gasteiger partial charge on any atom is 0.407 e. The first-order chi connectivity index (χ1) is 16.9. The fourth-order valence-electron chi connectivity index (χ4n) is 5.36. The lowest BCUT2D eigenvalue weighted by Crippen LogP contribution is -2.46. The monoisotopic (exact) mass is 478 g/mol. The second-order valence-electron chi connectivity index (χ2n) is 9.72. The number of carboxylic acid groups (broad SMARTS) is 1. The standard InChI is InChI=1S/C28H34N2O5/c1-18(27(33)30-25(15-26(31)32)19-9-3-2-4-10-19)16-29-28(34)35-17-24-22-13-7-5-11-20(22)21-12-6-8-14-23(21)24/h5-8,11-14,18-19,24-25H,2-4,9-10,15-17H2,1H3,(H,29,34)(H,30,33)(H,31,32). The van der Waals surface area contributed by atoms with Crippen LogP contribution in [0.15, 0.2) is 48.5 Å². The summed E-state index contributed by atoms with van der Waals surface area (Å²) in [6.07, 6.45) is 4.51. The van der Waals surface area contributed by atoms with E-state index in [2.05, 4.69) is 34.9 Å². The lowest BCUT2D eigenvalue weighted by molar-refractivity contribution is -0.138. The van der Waals surface area contributed by atoms with Gasteiger partial charge in [0.1, 0.15) is 6.61 Å². The average molecular weight is 479 g/mol. The molecule has 2 aliphatic carbocycles. The third-order valence-electron chi connectivity index (χ3n) is 7.28. The number of alkyl carbamates (subject to hydrolysis) is 1. The van der Waals surface area contributed by atoms with Gasteiger partial charge < -0.3 is 20.5 Å². The lowest BCUT2D eigenvalue weighted by Gasteiger charge is -2.30. The summed E-state index contributed by atoms with van der Waals surface area (Å²) in [4.78, 5) is 36.5. The van der Waals surface area contributed by atoms with Gasteiger partial charge in [0.25, 0.3) is 0 Å². The number of rotatable bonds is 9. The van der Waals surface area contributed by atoms with E-state index >= 15 is 0 Å². The van der Waals surface area contributed by atoms with Crippen LogP contribution >= 0.6 is 0 Å². The molecule has 0 aliphatic heterocycles.